The molecular formula is C19H15ClN2O3. The van der Waals surface area contributed by atoms with Crippen LogP contribution < -0.4 is 10.6 Å². The number of halogens is 1. The third-order valence-electron chi connectivity index (χ3n) is 3.80. The molecule has 0 aliphatic rings. The molecule has 5 nitrogen and oxygen atoms in total. The van der Waals surface area contributed by atoms with Crippen LogP contribution >= 0.6 is 11.6 Å². The van der Waals surface area contributed by atoms with Crippen molar-refractivity contribution in [2.45, 2.75) is 6.92 Å². The van der Waals surface area contributed by atoms with E-state index < -0.39 is 11.8 Å². The molecule has 6 heteroatoms. The minimum atomic E-state index is -0.810. The van der Waals surface area contributed by atoms with E-state index in [1.807, 2.05) is 0 Å². The molecule has 0 heterocycles. The minimum Gasteiger partial charge on any atom is -0.507 e. The predicted octanol–water partition coefficient (Wildman–Crippen LogP) is 4.08. The number of rotatable bonds is 2. The van der Waals surface area contributed by atoms with Crippen LogP contribution in [0.25, 0.3) is 10.8 Å². The molecule has 3 rings (SSSR count). The minimum absolute atomic E-state index is 0.104. The summed E-state index contributed by atoms with van der Waals surface area (Å²) in [6, 6.07) is 15.1. The maximum absolute atomic E-state index is 12.2. The van der Waals surface area contributed by atoms with Crippen LogP contribution in [-0.2, 0) is 9.59 Å². The Morgan fingerprint density at radius 1 is 0.880 bits per heavy atom. The first kappa shape index (κ1) is 16.8. The molecular weight excluding hydrogens is 340 g/mol. The summed E-state index contributed by atoms with van der Waals surface area (Å²) in [5, 5.41) is 16.7. The third kappa shape index (κ3) is 3.56. The molecule has 0 atom stereocenters. The Labute approximate surface area is 149 Å². The number of hydrogen-bond acceptors (Lipinski definition) is 3. The van der Waals surface area contributed by atoms with Crippen molar-refractivity contribution in [3.05, 3.63) is 65.2 Å². The molecule has 126 valence electrons. The van der Waals surface area contributed by atoms with Crippen molar-refractivity contribution in [3.8, 4) is 5.75 Å². The van der Waals surface area contributed by atoms with Crippen molar-refractivity contribution in [1.82, 2.24) is 0 Å². The lowest BCUT2D eigenvalue weighted by molar-refractivity contribution is -0.132. The fourth-order valence-corrected chi connectivity index (χ4v) is 2.66. The van der Waals surface area contributed by atoms with Crippen LogP contribution in [0.3, 0.4) is 0 Å². The number of hydrogen-bond donors (Lipinski definition) is 3. The summed E-state index contributed by atoms with van der Waals surface area (Å²) in [5.41, 5.74) is 1.71. The number of benzene rings is 3. The second-order valence-corrected chi connectivity index (χ2v) is 5.98. The number of carbonyl (C=O) groups is 2. The predicted molar refractivity (Wildman–Crippen MR) is 99.1 cm³/mol. The lowest BCUT2D eigenvalue weighted by Crippen LogP contribution is -2.29. The summed E-state index contributed by atoms with van der Waals surface area (Å²) in [6.07, 6.45) is 0. The molecule has 3 N–H and O–H groups in total. The lowest BCUT2D eigenvalue weighted by Gasteiger charge is -2.11. The van der Waals surface area contributed by atoms with Gasteiger partial charge in [-0.1, -0.05) is 41.9 Å². The first-order valence-corrected chi connectivity index (χ1v) is 7.92. The van der Waals surface area contributed by atoms with Gasteiger partial charge in [0.05, 0.1) is 0 Å². The van der Waals surface area contributed by atoms with Gasteiger partial charge in [0, 0.05) is 27.2 Å². The molecule has 0 aliphatic carbocycles. The maximum atomic E-state index is 12.2. The quantitative estimate of drug-likeness (QED) is 0.607. The summed E-state index contributed by atoms with van der Waals surface area (Å²) in [5.74, 6) is -1.51. The molecule has 0 radical (unpaired) electrons. The second kappa shape index (κ2) is 6.83. The first-order chi connectivity index (χ1) is 12.0. The summed E-state index contributed by atoms with van der Waals surface area (Å²) in [7, 11) is 0. The van der Waals surface area contributed by atoms with Crippen molar-refractivity contribution < 1.29 is 14.7 Å². The fraction of sp³-hybridized carbons (Fsp3) is 0.0526. The van der Waals surface area contributed by atoms with Gasteiger partial charge >= 0.3 is 11.8 Å². The van der Waals surface area contributed by atoms with Gasteiger partial charge in [0.1, 0.15) is 5.75 Å². The van der Waals surface area contributed by atoms with Crippen molar-refractivity contribution in [2.75, 3.05) is 10.6 Å². The van der Waals surface area contributed by atoms with Crippen LogP contribution in [0.5, 0.6) is 5.75 Å². The van der Waals surface area contributed by atoms with Crippen LogP contribution in [-0.4, -0.2) is 16.9 Å². The van der Waals surface area contributed by atoms with Gasteiger partial charge in [0.25, 0.3) is 0 Å². The van der Waals surface area contributed by atoms with Crippen molar-refractivity contribution in [2.24, 2.45) is 0 Å². The average Bonchev–Trinajstić information content (AvgIpc) is 2.59. The summed E-state index contributed by atoms with van der Waals surface area (Å²) in [6.45, 7) is 1.80. The molecule has 0 spiro atoms. The van der Waals surface area contributed by atoms with E-state index in [4.69, 9.17) is 11.6 Å². The van der Waals surface area contributed by atoms with E-state index in [0.717, 1.165) is 5.56 Å². The molecule has 3 aromatic carbocycles. The Kier molecular flexibility index (Phi) is 4.59. The SMILES string of the molecule is Cc1ccc(Cl)cc1NC(=O)C(=O)Nc1cccc2c(O)cccc12. The standard InChI is InChI=1S/C19H15ClN2O3/c1-11-8-9-12(20)10-16(11)22-19(25)18(24)21-15-6-2-5-14-13(15)4-3-7-17(14)23/h2-10,23H,1H3,(H,21,24)(H,22,25). The van der Waals surface area contributed by atoms with Gasteiger partial charge in [-0.2, -0.15) is 0 Å². The van der Waals surface area contributed by atoms with E-state index >= 15 is 0 Å². The highest BCUT2D eigenvalue weighted by Gasteiger charge is 2.16. The van der Waals surface area contributed by atoms with E-state index in [2.05, 4.69) is 10.6 Å². The van der Waals surface area contributed by atoms with E-state index in [-0.39, 0.29) is 5.75 Å². The van der Waals surface area contributed by atoms with Crippen LogP contribution in [0.1, 0.15) is 5.56 Å². The van der Waals surface area contributed by atoms with Crippen LogP contribution in [0.4, 0.5) is 11.4 Å². The van der Waals surface area contributed by atoms with Crippen LogP contribution in [0.15, 0.2) is 54.6 Å². The van der Waals surface area contributed by atoms with Gasteiger partial charge < -0.3 is 15.7 Å². The highest BCUT2D eigenvalue weighted by Crippen LogP contribution is 2.29. The molecule has 3 aromatic rings. The van der Waals surface area contributed by atoms with E-state index in [1.165, 1.54) is 0 Å². The topological polar surface area (TPSA) is 78.4 Å². The van der Waals surface area contributed by atoms with E-state index in [1.54, 1.807) is 61.5 Å². The Bertz CT molecular complexity index is 986. The third-order valence-corrected chi connectivity index (χ3v) is 4.04. The number of carbonyl (C=O) groups excluding carboxylic acids is 2. The van der Waals surface area contributed by atoms with E-state index in [0.29, 0.717) is 27.2 Å². The van der Waals surface area contributed by atoms with Gasteiger partial charge in [-0.25, -0.2) is 0 Å². The van der Waals surface area contributed by atoms with Crippen LogP contribution in [0.2, 0.25) is 5.02 Å². The van der Waals surface area contributed by atoms with Crippen molar-refractivity contribution >= 4 is 45.6 Å². The highest BCUT2D eigenvalue weighted by molar-refractivity contribution is 6.44. The summed E-state index contributed by atoms with van der Waals surface area (Å²) in [4.78, 5) is 24.4. The van der Waals surface area contributed by atoms with Gasteiger partial charge in [-0.15, -0.1) is 0 Å². The fourth-order valence-electron chi connectivity index (χ4n) is 2.49. The van der Waals surface area contributed by atoms with Crippen molar-refractivity contribution in [1.29, 1.82) is 0 Å². The zero-order chi connectivity index (χ0) is 18.0. The Morgan fingerprint density at radius 2 is 1.52 bits per heavy atom. The molecule has 0 bridgehead atoms. The zero-order valence-electron chi connectivity index (χ0n) is 13.3. The number of fused-ring (bicyclic) bond motifs is 1. The number of anilines is 2. The number of amides is 2. The Morgan fingerprint density at radius 3 is 2.28 bits per heavy atom. The molecule has 2 amide bonds. The number of aryl methyl sites for hydroxylation is 1. The van der Waals surface area contributed by atoms with Gasteiger partial charge in [0.2, 0.25) is 0 Å². The normalized spacial score (nSPS) is 10.5. The van der Waals surface area contributed by atoms with Gasteiger partial charge in [0.15, 0.2) is 0 Å². The molecule has 0 aromatic heterocycles. The van der Waals surface area contributed by atoms with Gasteiger partial charge in [-0.05, 0) is 36.8 Å². The van der Waals surface area contributed by atoms with Gasteiger partial charge in [-0.3, -0.25) is 9.59 Å². The summed E-state index contributed by atoms with van der Waals surface area (Å²) >= 11 is 5.91. The largest absolute Gasteiger partial charge is 0.507 e. The first-order valence-electron chi connectivity index (χ1n) is 7.55. The number of phenolic OH excluding ortho intramolecular Hbond substituents is 1. The molecule has 0 fully saturated rings. The Balaban J connectivity index is 1.82. The molecule has 0 aliphatic heterocycles. The molecule has 0 saturated carbocycles. The monoisotopic (exact) mass is 354 g/mol. The smallest absolute Gasteiger partial charge is 0.314 e. The van der Waals surface area contributed by atoms with Crippen molar-refractivity contribution in [3.63, 3.8) is 0 Å². The zero-order valence-corrected chi connectivity index (χ0v) is 14.1. The lowest BCUT2D eigenvalue weighted by atomic mass is 10.1. The molecule has 0 unspecified atom stereocenters. The van der Waals surface area contributed by atoms with Crippen LogP contribution in [0, 0.1) is 6.92 Å². The summed E-state index contributed by atoms with van der Waals surface area (Å²) < 4.78 is 0. The highest BCUT2D eigenvalue weighted by atomic mass is 35.5. The number of nitrogens with one attached hydrogen (secondary N) is 2. The number of phenols is 1. The molecule has 25 heavy (non-hydrogen) atoms. The second-order valence-electron chi connectivity index (χ2n) is 5.55. The number of aromatic hydroxyl groups is 1. The average molecular weight is 355 g/mol. The Hall–Kier alpha value is -3.05. The molecule has 0 saturated heterocycles. The maximum Gasteiger partial charge on any atom is 0.314 e. The van der Waals surface area contributed by atoms with E-state index in [9.17, 15) is 14.7 Å².